The third-order valence-corrected chi connectivity index (χ3v) is 7.15. The Balaban J connectivity index is 1.95. The van der Waals surface area contributed by atoms with Crippen molar-refractivity contribution in [1.82, 2.24) is 4.98 Å². The van der Waals surface area contributed by atoms with Crippen LogP contribution in [0.1, 0.15) is 63.2 Å². The molecule has 0 amide bonds. The van der Waals surface area contributed by atoms with E-state index < -0.39 is 0 Å². The number of aromatic nitrogens is 2. The van der Waals surface area contributed by atoms with Gasteiger partial charge in [0.15, 0.2) is 6.20 Å². The maximum absolute atomic E-state index is 9.92. The first-order valence-corrected chi connectivity index (χ1v) is 12.7. The van der Waals surface area contributed by atoms with Crippen molar-refractivity contribution in [3.05, 3.63) is 69.7 Å². The number of benzene rings is 2. The third-order valence-electron chi connectivity index (χ3n) is 6.30. The Kier molecular flexibility index (Phi) is 6.12. The van der Waals surface area contributed by atoms with E-state index in [-0.39, 0.29) is 10.8 Å². The smallest absolute Gasteiger partial charge is 0.213 e. The molecule has 0 aliphatic heterocycles. The zero-order chi connectivity index (χ0) is 24.8. The fraction of sp³-hybridized carbons (Fsp3) is 0.367. The molecule has 0 aliphatic rings. The lowest BCUT2D eigenvalue weighted by Crippen LogP contribution is -2.32. The van der Waals surface area contributed by atoms with Gasteiger partial charge in [-0.1, -0.05) is 65.8 Å². The summed E-state index contributed by atoms with van der Waals surface area (Å²) in [6.45, 7) is 15.7. The number of nitriles is 1. The minimum atomic E-state index is 0.00677. The largest absolute Gasteiger partial charge is 0.241 e. The maximum Gasteiger partial charge on any atom is 0.213 e. The molecule has 3 nitrogen and oxygen atoms in total. The number of thiazole rings is 1. The molecule has 0 N–H and O–H groups in total. The Bertz CT molecular complexity index is 1420. The van der Waals surface area contributed by atoms with Crippen LogP contribution in [-0.2, 0) is 18.9 Å². The molecule has 0 atom stereocenters. The Hall–Kier alpha value is -3.03. The van der Waals surface area contributed by atoms with Gasteiger partial charge in [0.05, 0.1) is 10.7 Å². The van der Waals surface area contributed by atoms with Crippen molar-refractivity contribution < 1.29 is 4.57 Å². The minimum absolute atomic E-state index is 0.00677. The first kappa shape index (κ1) is 24.1. The van der Waals surface area contributed by atoms with E-state index >= 15 is 0 Å². The summed E-state index contributed by atoms with van der Waals surface area (Å²) in [5.41, 5.74) is 7.48. The fourth-order valence-electron chi connectivity index (χ4n) is 4.59. The van der Waals surface area contributed by atoms with Crippen molar-refractivity contribution in [2.45, 2.75) is 60.3 Å². The summed E-state index contributed by atoms with van der Waals surface area (Å²) in [6, 6.07) is 15.6. The van der Waals surface area contributed by atoms with E-state index in [9.17, 15) is 5.26 Å². The molecule has 0 bridgehead atoms. The Morgan fingerprint density at radius 3 is 2.29 bits per heavy atom. The van der Waals surface area contributed by atoms with E-state index in [2.05, 4.69) is 101 Å². The number of aryl methyl sites for hydroxylation is 2. The van der Waals surface area contributed by atoms with Gasteiger partial charge in [-0.05, 0) is 45.7 Å². The van der Waals surface area contributed by atoms with Gasteiger partial charge in [-0.2, -0.15) is 9.83 Å². The van der Waals surface area contributed by atoms with Gasteiger partial charge in [-0.25, -0.2) is 4.98 Å². The second-order valence-electron chi connectivity index (χ2n) is 11.5. The average Bonchev–Trinajstić information content (AvgIpc) is 3.20. The molecular formula is C30H34N3S+. The number of rotatable bonds is 3. The summed E-state index contributed by atoms with van der Waals surface area (Å²) < 4.78 is 2.08. The van der Waals surface area contributed by atoms with Crippen LogP contribution in [0, 0.1) is 23.7 Å². The molecule has 34 heavy (non-hydrogen) atoms. The van der Waals surface area contributed by atoms with E-state index in [1.807, 2.05) is 13.2 Å². The van der Waals surface area contributed by atoms with Crippen LogP contribution in [0.15, 0.2) is 48.0 Å². The molecule has 2 heterocycles. The van der Waals surface area contributed by atoms with Crippen molar-refractivity contribution in [3.63, 3.8) is 0 Å². The number of hydrogen-bond donors (Lipinski definition) is 0. The molecule has 2 aromatic heterocycles. The molecule has 0 unspecified atom stereocenters. The van der Waals surface area contributed by atoms with Gasteiger partial charge in [-0.3, -0.25) is 0 Å². The Morgan fingerprint density at radius 1 is 1.00 bits per heavy atom. The van der Waals surface area contributed by atoms with E-state index in [0.717, 1.165) is 28.4 Å². The second kappa shape index (κ2) is 8.64. The predicted molar refractivity (Wildman–Crippen MR) is 143 cm³/mol. The molecule has 0 saturated heterocycles. The minimum Gasteiger partial charge on any atom is -0.241 e. The highest BCUT2D eigenvalue weighted by atomic mass is 32.1. The lowest BCUT2D eigenvalue weighted by Gasteiger charge is -2.24. The van der Waals surface area contributed by atoms with Crippen LogP contribution < -0.4 is 4.57 Å². The molecule has 0 saturated carbocycles. The van der Waals surface area contributed by atoms with Crippen molar-refractivity contribution >= 4 is 22.1 Å². The predicted octanol–water partition coefficient (Wildman–Crippen LogP) is 7.52. The molecule has 4 aromatic rings. The van der Waals surface area contributed by atoms with Crippen molar-refractivity contribution in [1.29, 1.82) is 5.26 Å². The summed E-state index contributed by atoms with van der Waals surface area (Å²) in [5, 5.41) is 15.7. The zero-order valence-electron chi connectivity index (χ0n) is 21.6. The van der Waals surface area contributed by atoms with Gasteiger partial charge < -0.3 is 0 Å². The lowest BCUT2D eigenvalue weighted by atomic mass is 9.80. The highest BCUT2D eigenvalue weighted by Crippen LogP contribution is 2.38. The van der Waals surface area contributed by atoms with Gasteiger partial charge in [0.25, 0.3) is 0 Å². The molecule has 0 fully saturated rings. The summed E-state index contributed by atoms with van der Waals surface area (Å²) in [7, 11) is 2.03. The first-order chi connectivity index (χ1) is 15.9. The molecule has 4 rings (SSSR count). The zero-order valence-corrected chi connectivity index (χ0v) is 22.4. The maximum atomic E-state index is 9.92. The van der Waals surface area contributed by atoms with Crippen LogP contribution in [0.5, 0.6) is 0 Å². The topological polar surface area (TPSA) is 40.6 Å². The molecule has 2 aromatic carbocycles. The summed E-state index contributed by atoms with van der Waals surface area (Å²) >= 11 is 1.68. The highest BCUT2D eigenvalue weighted by molar-refractivity contribution is 7.09. The highest BCUT2D eigenvalue weighted by Gasteiger charge is 2.25. The molecule has 4 heteroatoms. The summed E-state index contributed by atoms with van der Waals surface area (Å²) in [5.74, 6) is 0. The van der Waals surface area contributed by atoms with Crippen LogP contribution in [-0.4, -0.2) is 4.98 Å². The van der Waals surface area contributed by atoms with Gasteiger partial charge in [0, 0.05) is 29.0 Å². The van der Waals surface area contributed by atoms with Crippen LogP contribution >= 0.6 is 11.3 Å². The third kappa shape index (κ3) is 4.63. The Morgan fingerprint density at radius 2 is 1.68 bits per heavy atom. The van der Waals surface area contributed by atoms with Gasteiger partial charge in [0.2, 0.25) is 5.69 Å². The number of nitrogens with zero attached hydrogens (tertiary/aromatic N) is 3. The van der Waals surface area contributed by atoms with Crippen molar-refractivity contribution in [2.75, 3.05) is 0 Å². The first-order valence-electron chi connectivity index (χ1n) is 11.8. The standard InChI is InChI=1S/C30H34N3S/c1-19-21-11-9-10-12-22(21)25(30(5,6)7)13-23(19)27-14-24(20(16-31)17-33(27)8)26-18-34-28(32-26)15-29(2,3)4/h9-14,17-18H,15H2,1-8H3/q+1. The number of hydrogen-bond acceptors (Lipinski definition) is 3. The van der Waals surface area contributed by atoms with Crippen molar-refractivity contribution in [3.8, 4) is 28.6 Å². The summed E-state index contributed by atoms with van der Waals surface area (Å²) in [4.78, 5) is 4.93. The van der Waals surface area contributed by atoms with E-state index in [0.29, 0.717) is 5.56 Å². The fourth-order valence-corrected chi connectivity index (χ4v) is 5.69. The SMILES string of the molecule is Cc1c(-c2cc(-c3csc(CC(C)(C)C)n3)c(C#N)c[n+]2C)cc(C(C)(C)C)c2ccccc12. The van der Waals surface area contributed by atoms with Gasteiger partial charge >= 0.3 is 0 Å². The van der Waals surface area contributed by atoms with E-state index in [1.54, 1.807) is 11.3 Å². The van der Waals surface area contributed by atoms with Gasteiger partial charge in [0.1, 0.15) is 18.7 Å². The van der Waals surface area contributed by atoms with E-state index in [4.69, 9.17) is 4.98 Å². The second-order valence-corrected chi connectivity index (χ2v) is 12.4. The van der Waals surface area contributed by atoms with Crippen LogP contribution in [0.4, 0.5) is 0 Å². The molecule has 174 valence electrons. The molecule has 0 aliphatic carbocycles. The number of pyridine rings is 1. The molecule has 0 spiro atoms. The Labute approximate surface area is 207 Å². The lowest BCUT2D eigenvalue weighted by molar-refractivity contribution is -0.660. The monoisotopic (exact) mass is 468 g/mol. The normalized spacial score (nSPS) is 12.2. The van der Waals surface area contributed by atoms with Crippen LogP contribution in [0.3, 0.4) is 0 Å². The van der Waals surface area contributed by atoms with Crippen molar-refractivity contribution in [2.24, 2.45) is 12.5 Å². The number of fused-ring (bicyclic) bond motifs is 1. The average molecular weight is 469 g/mol. The van der Waals surface area contributed by atoms with Crippen LogP contribution in [0.25, 0.3) is 33.3 Å². The van der Waals surface area contributed by atoms with Gasteiger partial charge in [-0.15, -0.1) is 11.3 Å². The molecule has 0 radical (unpaired) electrons. The molecular weight excluding hydrogens is 434 g/mol. The van der Waals surface area contributed by atoms with Crippen LogP contribution in [0.2, 0.25) is 0 Å². The quantitative estimate of drug-likeness (QED) is 0.292. The summed E-state index contributed by atoms with van der Waals surface area (Å²) in [6.07, 6.45) is 2.87. The van der Waals surface area contributed by atoms with E-state index in [1.165, 1.54) is 27.5 Å².